The molecule has 2 rings (SSSR count). The number of methoxy groups -OCH3 is 2. The molecule has 0 N–H and O–H groups in total. The van der Waals surface area contributed by atoms with Crippen molar-refractivity contribution >= 4 is 29.1 Å². The largest absolute Gasteiger partial charge is 0.493 e. The summed E-state index contributed by atoms with van der Waals surface area (Å²) in [5.74, 6) is 0.205. The molecular formula is C17H14ClNO5. The van der Waals surface area contributed by atoms with Gasteiger partial charge in [-0.1, -0.05) is 23.7 Å². The van der Waals surface area contributed by atoms with Crippen LogP contribution in [-0.2, 0) is 0 Å². The van der Waals surface area contributed by atoms with Crippen molar-refractivity contribution < 1.29 is 19.2 Å². The lowest BCUT2D eigenvalue weighted by molar-refractivity contribution is -0.385. The van der Waals surface area contributed by atoms with Gasteiger partial charge in [0, 0.05) is 5.56 Å². The molecule has 0 spiro atoms. The molecule has 0 saturated heterocycles. The minimum atomic E-state index is -0.554. The topological polar surface area (TPSA) is 78.7 Å². The van der Waals surface area contributed by atoms with Gasteiger partial charge in [0.1, 0.15) is 0 Å². The van der Waals surface area contributed by atoms with E-state index in [0.29, 0.717) is 16.3 Å². The Labute approximate surface area is 143 Å². The standard InChI is InChI=1S/C17H14ClNO5/c1-23-16-9-11(14(19(21)22)10-17(16)24-2)7-8-15(20)12-5-3-4-6-13(12)18/h3-10H,1-2H3/b8-7+. The summed E-state index contributed by atoms with van der Waals surface area (Å²) in [5, 5.41) is 11.5. The Hall–Kier alpha value is -2.86. The van der Waals surface area contributed by atoms with Gasteiger partial charge in [0.05, 0.1) is 35.8 Å². The highest BCUT2D eigenvalue weighted by molar-refractivity contribution is 6.34. The summed E-state index contributed by atoms with van der Waals surface area (Å²) < 4.78 is 10.2. The Kier molecular flexibility index (Phi) is 5.55. The molecule has 6 nitrogen and oxygen atoms in total. The number of ketones is 1. The SMILES string of the molecule is COc1cc(/C=C/C(=O)c2ccccc2Cl)c([N+](=O)[O-])cc1OC. The van der Waals surface area contributed by atoms with Crippen molar-refractivity contribution in [3.8, 4) is 11.5 Å². The normalized spacial score (nSPS) is 10.6. The molecule has 0 heterocycles. The van der Waals surface area contributed by atoms with Gasteiger partial charge in [-0.05, 0) is 30.4 Å². The van der Waals surface area contributed by atoms with Gasteiger partial charge in [-0.2, -0.15) is 0 Å². The molecule has 2 aromatic carbocycles. The first-order chi connectivity index (χ1) is 11.5. The lowest BCUT2D eigenvalue weighted by atomic mass is 10.1. The van der Waals surface area contributed by atoms with Crippen molar-refractivity contribution in [2.75, 3.05) is 14.2 Å². The number of benzene rings is 2. The second-order valence-electron chi connectivity index (χ2n) is 4.70. The molecule has 0 aliphatic heterocycles. The van der Waals surface area contributed by atoms with E-state index in [1.165, 1.54) is 38.5 Å². The molecular weight excluding hydrogens is 334 g/mol. The number of hydrogen-bond acceptors (Lipinski definition) is 5. The van der Waals surface area contributed by atoms with Crippen LogP contribution >= 0.6 is 11.6 Å². The van der Waals surface area contributed by atoms with E-state index in [-0.39, 0.29) is 22.8 Å². The Morgan fingerprint density at radius 3 is 2.38 bits per heavy atom. The molecule has 0 aliphatic carbocycles. The van der Waals surface area contributed by atoms with Gasteiger partial charge < -0.3 is 9.47 Å². The third-order valence-corrected chi connectivity index (χ3v) is 3.61. The van der Waals surface area contributed by atoms with E-state index in [9.17, 15) is 14.9 Å². The third kappa shape index (κ3) is 3.72. The summed E-state index contributed by atoms with van der Waals surface area (Å²) in [6.45, 7) is 0. The lowest BCUT2D eigenvalue weighted by Crippen LogP contribution is -1.98. The van der Waals surface area contributed by atoms with Crippen LogP contribution in [0.5, 0.6) is 11.5 Å². The predicted molar refractivity (Wildman–Crippen MR) is 91.0 cm³/mol. The zero-order chi connectivity index (χ0) is 17.7. The van der Waals surface area contributed by atoms with Gasteiger partial charge >= 0.3 is 0 Å². The maximum Gasteiger partial charge on any atom is 0.280 e. The number of nitro benzene ring substituents is 1. The average molecular weight is 348 g/mol. The van der Waals surface area contributed by atoms with Crippen LogP contribution in [0, 0.1) is 10.1 Å². The van der Waals surface area contributed by atoms with Crippen LogP contribution in [0.4, 0.5) is 5.69 Å². The highest BCUT2D eigenvalue weighted by Crippen LogP contribution is 2.35. The van der Waals surface area contributed by atoms with Crippen molar-refractivity contribution in [2.45, 2.75) is 0 Å². The van der Waals surface area contributed by atoms with Crippen LogP contribution in [0.2, 0.25) is 5.02 Å². The molecule has 0 amide bonds. The summed E-state index contributed by atoms with van der Waals surface area (Å²) in [5.41, 5.74) is 0.340. The lowest BCUT2D eigenvalue weighted by Gasteiger charge is -2.08. The number of nitro groups is 1. The summed E-state index contributed by atoms with van der Waals surface area (Å²) in [7, 11) is 2.81. The molecule has 2 aromatic rings. The number of carbonyl (C=O) groups is 1. The fourth-order valence-electron chi connectivity index (χ4n) is 2.09. The monoisotopic (exact) mass is 347 g/mol. The zero-order valence-electron chi connectivity index (χ0n) is 13.0. The molecule has 0 bridgehead atoms. The Balaban J connectivity index is 2.43. The van der Waals surface area contributed by atoms with E-state index in [4.69, 9.17) is 21.1 Å². The van der Waals surface area contributed by atoms with E-state index >= 15 is 0 Å². The van der Waals surface area contributed by atoms with Crippen molar-refractivity contribution in [1.82, 2.24) is 0 Å². The maximum atomic E-state index is 12.2. The van der Waals surface area contributed by atoms with Crippen LogP contribution < -0.4 is 9.47 Å². The molecule has 124 valence electrons. The minimum absolute atomic E-state index is 0.198. The Morgan fingerprint density at radius 1 is 1.17 bits per heavy atom. The summed E-state index contributed by atoms with van der Waals surface area (Å²) in [6.07, 6.45) is 2.58. The number of hydrogen-bond donors (Lipinski definition) is 0. The highest BCUT2D eigenvalue weighted by atomic mass is 35.5. The second-order valence-corrected chi connectivity index (χ2v) is 5.11. The molecule has 0 fully saturated rings. The quantitative estimate of drug-likeness (QED) is 0.339. The van der Waals surface area contributed by atoms with E-state index in [1.54, 1.807) is 24.3 Å². The van der Waals surface area contributed by atoms with Crippen LogP contribution in [0.1, 0.15) is 15.9 Å². The predicted octanol–water partition coefficient (Wildman–Crippen LogP) is 4.16. The van der Waals surface area contributed by atoms with Gasteiger partial charge in [0.15, 0.2) is 17.3 Å². The van der Waals surface area contributed by atoms with Gasteiger partial charge in [-0.25, -0.2) is 0 Å². The van der Waals surface area contributed by atoms with Crippen LogP contribution in [0.3, 0.4) is 0 Å². The zero-order valence-corrected chi connectivity index (χ0v) is 13.7. The third-order valence-electron chi connectivity index (χ3n) is 3.28. The number of halogens is 1. The molecule has 0 radical (unpaired) electrons. The molecule has 0 saturated carbocycles. The van der Waals surface area contributed by atoms with Crippen LogP contribution in [-0.4, -0.2) is 24.9 Å². The van der Waals surface area contributed by atoms with Gasteiger partial charge in [0.25, 0.3) is 5.69 Å². The van der Waals surface area contributed by atoms with Gasteiger partial charge in [-0.15, -0.1) is 0 Å². The number of carbonyl (C=O) groups excluding carboxylic acids is 1. The van der Waals surface area contributed by atoms with Crippen molar-refractivity contribution in [2.24, 2.45) is 0 Å². The number of ether oxygens (including phenoxy) is 2. The summed E-state index contributed by atoms with van der Waals surface area (Å²) >= 11 is 5.97. The number of allylic oxidation sites excluding steroid dienone is 1. The smallest absolute Gasteiger partial charge is 0.280 e. The summed E-state index contributed by atoms with van der Waals surface area (Å²) in [6, 6.07) is 9.26. The number of rotatable bonds is 6. The first-order valence-electron chi connectivity index (χ1n) is 6.85. The fourth-order valence-corrected chi connectivity index (χ4v) is 2.32. The summed E-state index contributed by atoms with van der Waals surface area (Å²) in [4.78, 5) is 22.9. The van der Waals surface area contributed by atoms with Crippen molar-refractivity contribution in [3.63, 3.8) is 0 Å². The average Bonchev–Trinajstić information content (AvgIpc) is 2.59. The molecule has 24 heavy (non-hydrogen) atoms. The molecule has 0 atom stereocenters. The molecule has 0 aromatic heterocycles. The second kappa shape index (κ2) is 7.61. The maximum absolute atomic E-state index is 12.2. The minimum Gasteiger partial charge on any atom is -0.493 e. The van der Waals surface area contributed by atoms with E-state index in [2.05, 4.69) is 0 Å². The highest BCUT2D eigenvalue weighted by Gasteiger charge is 2.18. The van der Waals surface area contributed by atoms with Gasteiger partial charge in [-0.3, -0.25) is 14.9 Å². The molecule has 0 unspecified atom stereocenters. The number of nitrogens with zero attached hydrogens (tertiary/aromatic N) is 1. The van der Waals surface area contributed by atoms with E-state index in [0.717, 1.165) is 0 Å². The van der Waals surface area contributed by atoms with Crippen LogP contribution in [0.15, 0.2) is 42.5 Å². The van der Waals surface area contributed by atoms with E-state index in [1.807, 2.05) is 0 Å². The van der Waals surface area contributed by atoms with Gasteiger partial charge in [0.2, 0.25) is 0 Å². The Morgan fingerprint density at radius 2 is 1.79 bits per heavy atom. The van der Waals surface area contributed by atoms with Crippen LogP contribution in [0.25, 0.3) is 6.08 Å². The fraction of sp³-hybridized carbons (Fsp3) is 0.118. The molecule has 7 heteroatoms. The van der Waals surface area contributed by atoms with Crippen molar-refractivity contribution in [1.29, 1.82) is 0 Å². The van der Waals surface area contributed by atoms with Crippen molar-refractivity contribution in [3.05, 3.63) is 68.7 Å². The Bertz CT molecular complexity index is 817. The van der Waals surface area contributed by atoms with E-state index < -0.39 is 4.92 Å². The first kappa shape index (κ1) is 17.5. The molecule has 0 aliphatic rings. The first-order valence-corrected chi connectivity index (χ1v) is 7.23.